The second kappa shape index (κ2) is 12.6. The van der Waals surface area contributed by atoms with E-state index in [1.54, 1.807) is 22.7 Å². The molecule has 12 aromatic rings. The van der Waals surface area contributed by atoms with Crippen molar-refractivity contribution in [3.63, 3.8) is 0 Å². The van der Waals surface area contributed by atoms with Crippen LogP contribution in [-0.2, 0) is 0 Å². The number of aromatic nitrogens is 3. The Hall–Kier alpha value is -7.25. The third-order valence-electron chi connectivity index (χ3n) is 11.8. The molecule has 4 heterocycles. The van der Waals surface area contributed by atoms with Gasteiger partial charge in [-0.25, -0.2) is 15.0 Å². The van der Waals surface area contributed by atoms with Crippen molar-refractivity contribution in [2.75, 3.05) is 4.90 Å². The smallest absolute Gasteiger partial charge is 0.165 e. The Morgan fingerprint density at radius 3 is 1.56 bits per heavy atom. The number of anilines is 3. The summed E-state index contributed by atoms with van der Waals surface area (Å²) in [5, 5.41) is 9.86. The van der Waals surface area contributed by atoms with Gasteiger partial charge in [0.1, 0.15) is 0 Å². The van der Waals surface area contributed by atoms with Crippen molar-refractivity contribution >= 4 is 102 Å². The van der Waals surface area contributed by atoms with Crippen LogP contribution in [0.4, 0.5) is 17.1 Å². The zero-order chi connectivity index (χ0) is 38.6. The molecule has 4 nitrogen and oxygen atoms in total. The summed E-state index contributed by atoms with van der Waals surface area (Å²) in [4.78, 5) is 18.3. The van der Waals surface area contributed by atoms with Gasteiger partial charge in [-0.05, 0) is 70.9 Å². The van der Waals surface area contributed by atoms with Gasteiger partial charge in [0.2, 0.25) is 0 Å². The standard InChI is InChI=1S/C53H30N4S2/c1-2-14-35-31(11-1)27-30-39-38-17-7-12-32-13-8-22-44(47(32)38)57(48(35)39)34-28-25-33(26-29-34)51-54-52(42-20-9-18-40-36-15-3-5-23-45(36)58-49(40)42)56-53(55-51)43-21-10-19-41-37-16-4-6-24-46(37)59-50(41)43/h1-30H. The molecule has 1 aliphatic rings. The van der Waals surface area contributed by atoms with E-state index in [-0.39, 0.29) is 0 Å². The Morgan fingerprint density at radius 1 is 0.356 bits per heavy atom. The lowest BCUT2D eigenvalue weighted by Gasteiger charge is -2.34. The van der Waals surface area contributed by atoms with Crippen molar-refractivity contribution in [2.45, 2.75) is 0 Å². The number of thiophene rings is 2. The fourth-order valence-electron chi connectivity index (χ4n) is 9.19. The lowest BCUT2D eigenvalue weighted by molar-refractivity contribution is 1.08. The van der Waals surface area contributed by atoms with Gasteiger partial charge in [-0.15, -0.1) is 22.7 Å². The Morgan fingerprint density at radius 2 is 0.881 bits per heavy atom. The minimum atomic E-state index is 0.643. The molecule has 0 saturated heterocycles. The highest BCUT2D eigenvalue weighted by Crippen LogP contribution is 2.53. The molecule has 0 N–H and O–H groups in total. The van der Waals surface area contributed by atoms with Crippen LogP contribution in [0.25, 0.3) is 107 Å². The van der Waals surface area contributed by atoms with E-state index in [0.717, 1.165) is 22.4 Å². The second-order valence-corrected chi connectivity index (χ2v) is 17.2. The van der Waals surface area contributed by atoms with Crippen molar-refractivity contribution in [3.8, 4) is 45.3 Å². The van der Waals surface area contributed by atoms with Crippen molar-refractivity contribution in [1.29, 1.82) is 0 Å². The number of fused-ring (bicyclic) bond motifs is 10. The molecule has 274 valence electrons. The Labute approximate surface area is 347 Å². The summed E-state index contributed by atoms with van der Waals surface area (Å²) in [6.45, 7) is 0. The van der Waals surface area contributed by atoms with E-state index in [2.05, 4.69) is 187 Å². The molecular formula is C53H30N4S2. The topological polar surface area (TPSA) is 41.9 Å². The van der Waals surface area contributed by atoms with Gasteiger partial charge in [0.25, 0.3) is 0 Å². The first-order valence-corrected chi connectivity index (χ1v) is 21.4. The molecule has 0 spiro atoms. The molecule has 0 atom stereocenters. The van der Waals surface area contributed by atoms with Gasteiger partial charge in [-0.1, -0.05) is 127 Å². The van der Waals surface area contributed by atoms with Crippen molar-refractivity contribution < 1.29 is 0 Å². The van der Waals surface area contributed by atoms with Crippen LogP contribution in [0.15, 0.2) is 182 Å². The molecule has 59 heavy (non-hydrogen) atoms. The second-order valence-electron chi connectivity index (χ2n) is 15.1. The normalized spacial score (nSPS) is 12.4. The Balaban J connectivity index is 1.02. The van der Waals surface area contributed by atoms with E-state index < -0.39 is 0 Å². The number of benzene rings is 9. The van der Waals surface area contributed by atoms with Crippen LogP contribution in [0, 0.1) is 0 Å². The molecular weight excluding hydrogens is 757 g/mol. The van der Waals surface area contributed by atoms with E-state index >= 15 is 0 Å². The predicted octanol–water partition coefficient (Wildman–Crippen LogP) is 15.4. The molecule has 9 aromatic carbocycles. The molecule has 0 unspecified atom stereocenters. The maximum absolute atomic E-state index is 5.31. The first-order valence-electron chi connectivity index (χ1n) is 19.8. The van der Waals surface area contributed by atoms with E-state index in [1.165, 1.54) is 84.4 Å². The van der Waals surface area contributed by atoms with Crippen LogP contribution in [0.1, 0.15) is 0 Å². The third-order valence-corrected chi connectivity index (χ3v) is 14.3. The van der Waals surface area contributed by atoms with Crippen LogP contribution in [-0.4, -0.2) is 15.0 Å². The van der Waals surface area contributed by atoms with Gasteiger partial charge in [0.05, 0.1) is 11.4 Å². The molecule has 0 radical (unpaired) electrons. The van der Waals surface area contributed by atoms with Crippen molar-refractivity contribution in [2.24, 2.45) is 0 Å². The molecule has 0 bridgehead atoms. The summed E-state index contributed by atoms with van der Waals surface area (Å²) in [6.07, 6.45) is 0. The van der Waals surface area contributed by atoms with E-state index in [9.17, 15) is 0 Å². The predicted molar refractivity (Wildman–Crippen MR) is 251 cm³/mol. The Kier molecular flexibility index (Phi) is 7.02. The average Bonchev–Trinajstić information content (AvgIpc) is 3.88. The van der Waals surface area contributed by atoms with Crippen LogP contribution < -0.4 is 4.90 Å². The zero-order valence-corrected chi connectivity index (χ0v) is 33.1. The van der Waals surface area contributed by atoms with Crippen LogP contribution in [0.5, 0.6) is 0 Å². The summed E-state index contributed by atoms with van der Waals surface area (Å²) in [5.41, 5.74) is 8.89. The molecule has 6 heteroatoms. The highest BCUT2D eigenvalue weighted by molar-refractivity contribution is 7.26. The number of hydrogen-bond donors (Lipinski definition) is 0. The molecule has 13 rings (SSSR count). The highest BCUT2D eigenvalue weighted by Gasteiger charge is 2.28. The van der Waals surface area contributed by atoms with Gasteiger partial charge in [-0.2, -0.15) is 0 Å². The molecule has 1 aliphatic heterocycles. The van der Waals surface area contributed by atoms with E-state index in [1.807, 2.05) is 0 Å². The lowest BCUT2D eigenvalue weighted by atomic mass is 9.88. The quantitative estimate of drug-likeness (QED) is 0.178. The lowest BCUT2D eigenvalue weighted by Crippen LogP contribution is -2.15. The summed E-state index contributed by atoms with van der Waals surface area (Å²) in [6, 6.07) is 65.5. The number of rotatable bonds is 4. The molecule has 0 amide bonds. The van der Waals surface area contributed by atoms with E-state index in [4.69, 9.17) is 15.0 Å². The molecule has 0 aliphatic carbocycles. The van der Waals surface area contributed by atoms with Crippen molar-refractivity contribution in [3.05, 3.63) is 182 Å². The summed E-state index contributed by atoms with van der Waals surface area (Å²) in [5.74, 6) is 1.98. The van der Waals surface area contributed by atoms with Crippen LogP contribution in [0.2, 0.25) is 0 Å². The maximum Gasteiger partial charge on any atom is 0.165 e. The number of hydrogen-bond acceptors (Lipinski definition) is 6. The molecule has 0 saturated carbocycles. The SMILES string of the molecule is c1ccc2c3c(ccc2c1)-c1cccc2cccc(c12)N3c1ccc(-c2nc(-c3cccc4c3sc3ccccc34)nc(-c3cccc4c3sc3ccccc34)n2)cc1. The monoisotopic (exact) mass is 786 g/mol. The fraction of sp³-hybridized carbons (Fsp3) is 0. The van der Waals surface area contributed by atoms with Crippen molar-refractivity contribution in [1.82, 2.24) is 15.0 Å². The van der Waals surface area contributed by atoms with Crippen LogP contribution >= 0.6 is 22.7 Å². The zero-order valence-electron chi connectivity index (χ0n) is 31.4. The van der Waals surface area contributed by atoms with Gasteiger partial charge >= 0.3 is 0 Å². The largest absolute Gasteiger partial charge is 0.309 e. The molecule has 0 fully saturated rings. The minimum Gasteiger partial charge on any atom is -0.309 e. The first-order chi connectivity index (χ1) is 29.2. The third kappa shape index (κ3) is 4.91. The summed E-state index contributed by atoms with van der Waals surface area (Å²) >= 11 is 3.59. The summed E-state index contributed by atoms with van der Waals surface area (Å²) in [7, 11) is 0. The van der Waals surface area contributed by atoms with Gasteiger partial charge in [-0.3, -0.25) is 0 Å². The van der Waals surface area contributed by atoms with Gasteiger partial charge in [0.15, 0.2) is 17.5 Å². The highest BCUT2D eigenvalue weighted by atomic mass is 32.1. The van der Waals surface area contributed by atoms with Gasteiger partial charge < -0.3 is 4.90 Å². The molecule has 3 aromatic heterocycles. The van der Waals surface area contributed by atoms with Crippen LogP contribution in [0.3, 0.4) is 0 Å². The van der Waals surface area contributed by atoms with Gasteiger partial charge in [0, 0.05) is 79.1 Å². The first kappa shape index (κ1) is 32.8. The number of nitrogens with zero attached hydrogens (tertiary/aromatic N) is 4. The maximum atomic E-state index is 5.31. The Bertz CT molecular complexity index is 3560. The summed E-state index contributed by atoms with van der Waals surface area (Å²) < 4.78 is 4.86. The average molecular weight is 787 g/mol. The van der Waals surface area contributed by atoms with E-state index in [0.29, 0.717) is 17.5 Å². The minimum absolute atomic E-state index is 0.643. The fourth-order valence-corrected chi connectivity index (χ4v) is 11.6.